The van der Waals surface area contributed by atoms with E-state index in [4.69, 9.17) is 9.72 Å². The highest BCUT2D eigenvalue weighted by Gasteiger charge is 2.23. The van der Waals surface area contributed by atoms with Gasteiger partial charge in [-0.1, -0.05) is 0 Å². The van der Waals surface area contributed by atoms with Crippen LogP contribution in [0.2, 0.25) is 0 Å². The number of thiophene rings is 1. The van der Waals surface area contributed by atoms with Crippen LogP contribution in [0.3, 0.4) is 0 Å². The summed E-state index contributed by atoms with van der Waals surface area (Å²) in [6.45, 7) is 7.91. The minimum atomic E-state index is -0.375. The maximum absolute atomic E-state index is 13.0. The highest BCUT2D eigenvalue weighted by atomic mass is 32.1. The van der Waals surface area contributed by atoms with Gasteiger partial charge in [0, 0.05) is 18.8 Å². The van der Waals surface area contributed by atoms with Crippen LogP contribution in [0.25, 0.3) is 10.2 Å². The Kier molecular flexibility index (Phi) is 6.18. The summed E-state index contributed by atoms with van der Waals surface area (Å²) in [6, 6.07) is 6.70. The lowest BCUT2D eigenvalue weighted by Crippen LogP contribution is -2.30. The van der Waals surface area contributed by atoms with Gasteiger partial charge >= 0.3 is 5.97 Å². The minimum Gasteiger partial charge on any atom is -0.462 e. The van der Waals surface area contributed by atoms with E-state index in [2.05, 4.69) is 15.2 Å². The number of carbonyl (C=O) groups excluding carboxylic acids is 2. The lowest BCUT2D eigenvalue weighted by molar-refractivity contribution is 0.0526. The van der Waals surface area contributed by atoms with Crippen molar-refractivity contribution in [2.24, 2.45) is 0 Å². The molecule has 1 aliphatic heterocycles. The van der Waals surface area contributed by atoms with Crippen LogP contribution >= 0.6 is 11.3 Å². The van der Waals surface area contributed by atoms with Gasteiger partial charge in [0.05, 0.1) is 22.4 Å². The average molecular weight is 439 g/mol. The molecule has 0 unspecified atom stereocenters. The first-order valence-electron chi connectivity index (χ1n) is 10.6. The second-order valence-electron chi connectivity index (χ2n) is 7.63. The summed E-state index contributed by atoms with van der Waals surface area (Å²) >= 11 is 1.39. The monoisotopic (exact) mass is 438 g/mol. The number of nitrogens with one attached hydrogen (secondary N) is 1. The Morgan fingerprint density at radius 1 is 1.10 bits per heavy atom. The number of aromatic nitrogens is 2. The summed E-state index contributed by atoms with van der Waals surface area (Å²) in [7, 11) is 0. The molecular formula is C23H26N4O3S. The molecule has 0 saturated carbocycles. The third kappa shape index (κ3) is 4.39. The quantitative estimate of drug-likeness (QED) is 0.580. The number of ether oxygens (including phenoxy) is 1. The number of anilines is 2. The zero-order valence-corrected chi connectivity index (χ0v) is 18.8. The number of esters is 1. The topological polar surface area (TPSA) is 84.4 Å². The second kappa shape index (κ2) is 9.01. The molecule has 162 valence electrons. The molecule has 1 amide bonds. The van der Waals surface area contributed by atoms with Crippen LogP contribution < -0.4 is 10.2 Å². The van der Waals surface area contributed by atoms with E-state index in [9.17, 15) is 9.59 Å². The summed E-state index contributed by atoms with van der Waals surface area (Å²) in [5.74, 6) is 1.09. The summed E-state index contributed by atoms with van der Waals surface area (Å²) in [5.41, 5.74) is 1.98. The highest BCUT2D eigenvalue weighted by molar-refractivity contribution is 7.20. The van der Waals surface area contributed by atoms with Crippen molar-refractivity contribution in [3.63, 3.8) is 0 Å². The van der Waals surface area contributed by atoms with Crippen molar-refractivity contribution in [2.45, 2.75) is 40.0 Å². The van der Waals surface area contributed by atoms with Gasteiger partial charge in [-0.05, 0) is 69.9 Å². The van der Waals surface area contributed by atoms with Gasteiger partial charge in [0.1, 0.15) is 16.5 Å². The molecule has 0 radical (unpaired) electrons. The predicted octanol–water partition coefficient (Wildman–Crippen LogP) is 4.73. The Morgan fingerprint density at radius 2 is 1.81 bits per heavy atom. The molecule has 1 aliphatic rings. The SMILES string of the molecule is CCOC(=O)c1ccc(NC(=O)c2sc3nc(C)nc(N4CCCCC4)c3c2C)cc1. The van der Waals surface area contributed by atoms with Crippen molar-refractivity contribution in [1.82, 2.24) is 9.97 Å². The molecule has 3 heterocycles. The second-order valence-corrected chi connectivity index (χ2v) is 8.63. The number of hydrogen-bond acceptors (Lipinski definition) is 7. The zero-order chi connectivity index (χ0) is 22.0. The van der Waals surface area contributed by atoms with E-state index in [1.807, 2.05) is 13.8 Å². The number of nitrogens with zero attached hydrogens (tertiary/aromatic N) is 3. The van der Waals surface area contributed by atoms with Crippen LogP contribution in [-0.4, -0.2) is 41.5 Å². The summed E-state index contributed by atoms with van der Waals surface area (Å²) in [4.78, 5) is 38.0. The first-order chi connectivity index (χ1) is 15.0. The molecule has 1 saturated heterocycles. The zero-order valence-electron chi connectivity index (χ0n) is 18.0. The number of amides is 1. The van der Waals surface area contributed by atoms with Crippen molar-refractivity contribution < 1.29 is 14.3 Å². The third-order valence-corrected chi connectivity index (χ3v) is 6.58. The molecule has 0 atom stereocenters. The number of carbonyl (C=O) groups is 2. The average Bonchev–Trinajstić information content (AvgIpc) is 3.10. The van der Waals surface area contributed by atoms with E-state index >= 15 is 0 Å². The number of fused-ring (bicyclic) bond motifs is 1. The van der Waals surface area contributed by atoms with E-state index in [1.54, 1.807) is 31.2 Å². The largest absolute Gasteiger partial charge is 0.462 e. The Labute approximate surface area is 185 Å². The molecule has 7 nitrogen and oxygen atoms in total. The lowest BCUT2D eigenvalue weighted by atomic mass is 10.1. The van der Waals surface area contributed by atoms with E-state index in [1.165, 1.54) is 17.8 Å². The van der Waals surface area contributed by atoms with Gasteiger partial charge in [-0.15, -0.1) is 11.3 Å². The summed E-state index contributed by atoms with van der Waals surface area (Å²) < 4.78 is 5.00. The van der Waals surface area contributed by atoms with Crippen LogP contribution in [0.5, 0.6) is 0 Å². The van der Waals surface area contributed by atoms with E-state index < -0.39 is 0 Å². The molecule has 8 heteroatoms. The fraction of sp³-hybridized carbons (Fsp3) is 0.391. The molecule has 3 aromatic rings. The molecule has 0 aliphatic carbocycles. The fourth-order valence-corrected chi connectivity index (χ4v) is 4.98. The van der Waals surface area contributed by atoms with Crippen LogP contribution in [0.1, 0.15) is 57.6 Å². The Morgan fingerprint density at radius 3 is 2.48 bits per heavy atom. The van der Waals surface area contributed by atoms with E-state index in [0.717, 1.165) is 53.4 Å². The van der Waals surface area contributed by atoms with E-state index in [0.29, 0.717) is 22.7 Å². The van der Waals surface area contributed by atoms with Gasteiger partial charge in [0.15, 0.2) is 0 Å². The first-order valence-corrected chi connectivity index (χ1v) is 11.4. The Bertz CT molecular complexity index is 1120. The summed E-state index contributed by atoms with van der Waals surface area (Å²) in [5, 5.41) is 3.90. The predicted molar refractivity (Wildman–Crippen MR) is 123 cm³/mol. The minimum absolute atomic E-state index is 0.188. The maximum atomic E-state index is 13.0. The molecule has 1 N–H and O–H groups in total. The number of rotatable bonds is 5. The van der Waals surface area contributed by atoms with Crippen LogP contribution in [0, 0.1) is 13.8 Å². The van der Waals surface area contributed by atoms with Crippen molar-refractivity contribution >= 4 is 44.9 Å². The van der Waals surface area contributed by atoms with Crippen molar-refractivity contribution in [2.75, 3.05) is 29.9 Å². The van der Waals surface area contributed by atoms with Gasteiger partial charge in [-0.3, -0.25) is 4.79 Å². The molecule has 0 bridgehead atoms. The Hall–Kier alpha value is -3.00. The molecular weight excluding hydrogens is 412 g/mol. The van der Waals surface area contributed by atoms with Crippen LogP contribution in [0.4, 0.5) is 11.5 Å². The van der Waals surface area contributed by atoms with Crippen molar-refractivity contribution in [1.29, 1.82) is 0 Å². The van der Waals surface area contributed by atoms with Crippen LogP contribution in [0.15, 0.2) is 24.3 Å². The van der Waals surface area contributed by atoms with Gasteiger partial charge < -0.3 is 15.0 Å². The Balaban J connectivity index is 1.61. The fourth-order valence-electron chi connectivity index (χ4n) is 3.86. The number of aryl methyl sites for hydroxylation is 2. The maximum Gasteiger partial charge on any atom is 0.338 e. The molecule has 1 fully saturated rings. The van der Waals surface area contributed by atoms with Gasteiger partial charge in [-0.25, -0.2) is 14.8 Å². The number of benzene rings is 1. The highest BCUT2D eigenvalue weighted by Crippen LogP contribution is 2.36. The van der Waals surface area contributed by atoms with Crippen molar-refractivity contribution in [3.05, 3.63) is 46.1 Å². The third-order valence-electron chi connectivity index (χ3n) is 5.40. The van der Waals surface area contributed by atoms with Gasteiger partial charge in [0.25, 0.3) is 5.91 Å². The lowest BCUT2D eigenvalue weighted by Gasteiger charge is -2.28. The molecule has 4 rings (SSSR count). The standard InChI is InChI=1S/C23H26N4O3S/c1-4-30-23(29)16-8-10-17(11-9-16)26-21(28)19-14(2)18-20(27-12-6-5-7-13-27)24-15(3)25-22(18)31-19/h8-11H,4-7,12-13H2,1-3H3,(H,26,28). The number of piperidine rings is 1. The first kappa shape index (κ1) is 21.2. The normalized spacial score (nSPS) is 14.0. The van der Waals surface area contributed by atoms with Gasteiger partial charge in [-0.2, -0.15) is 0 Å². The molecule has 1 aromatic carbocycles. The molecule has 0 spiro atoms. The van der Waals surface area contributed by atoms with Crippen LogP contribution in [-0.2, 0) is 4.74 Å². The molecule has 31 heavy (non-hydrogen) atoms. The van der Waals surface area contributed by atoms with Gasteiger partial charge in [0.2, 0.25) is 0 Å². The molecule has 2 aromatic heterocycles. The van der Waals surface area contributed by atoms with Crippen molar-refractivity contribution in [3.8, 4) is 0 Å². The summed E-state index contributed by atoms with van der Waals surface area (Å²) in [6.07, 6.45) is 3.56. The number of hydrogen-bond donors (Lipinski definition) is 1. The van der Waals surface area contributed by atoms with E-state index in [-0.39, 0.29) is 11.9 Å². The smallest absolute Gasteiger partial charge is 0.338 e.